The molecule has 0 bridgehead atoms. The van der Waals surface area contributed by atoms with E-state index in [1.807, 2.05) is 55.5 Å². The molecule has 1 unspecified atom stereocenters. The zero-order chi connectivity index (χ0) is 19.8. The smallest absolute Gasteiger partial charge is 0.310 e. The van der Waals surface area contributed by atoms with Gasteiger partial charge in [0.25, 0.3) is 5.91 Å². The van der Waals surface area contributed by atoms with Crippen LogP contribution in [0.15, 0.2) is 48.5 Å². The number of benzene rings is 2. The lowest BCUT2D eigenvalue weighted by Gasteiger charge is -2.25. The van der Waals surface area contributed by atoms with Crippen molar-refractivity contribution in [1.82, 2.24) is 4.90 Å². The molecular formula is C22H27NO4. The molecule has 2 aromatic rings. The van der Waals surface area contributed by atoms with Gasteiger partial charge in [-0.3, -0.25) is 9.59 Å². The highest BCUT2D eigenvalue weighted by Gasteiger charge is 2.22. The number of esters is 1. The summed E-state index contributed by atoms with van der Waals surface area (Å²) in [6, 6.07) is 15.2. The molecule has 144 valence electrons. The van der Waals surface area contributed by atoms with Gasteiger partial charge in [-0.25, -0.2) is 0 Å². The second-order valence-electron chi connectivity index (χ2n) is 6.64. The van der Waals surface area contributed by atoms with Crippen LogP contribution in [0.25, 0.3) is 0 Å². The van der Waals surface area contributed by atoms with E-state index in [0.29, 0.717) is 25.1 Å². The molecule has 2 aromatic carbocycles. The predicted octanol–water partition coefficient (Wildman–Crippen LogP) is 3.50. The number of methoxy groups -OCH3 is 2. The average Bonchev–Trinajstić information content (AvgIpc) is 2.70. The first-order valence-electron chi connectivity index (χ1n) is 9.01. The van der Waals surface area contributed by atoms with E-state index in [9.17, 15) is 9.59 Å². The molecule has 1 amide bonds. The summed E-state index contributed by atoms with van der Waals surface area (Å²) in [6.45, 7) is 4.58. The lowest BCUT2D eigenvalue weighted by Crippen LogP contribution is -2.38. The van der Waals surface area contributed by atoms with Crippen molar-refractivity contribution in [2.45, 2.75) is 20.3 Å². The summed E-state index contributed by atoms with van der Waals surface area (Å²) in [5, 5.41) is 0. The van der Waals surface area contributed by atoms with E-state index < -0.39 is 0 Å². The van der Waals surface area contributed by atoms with E-state index in [1.165, 1.54) is 7.11 Å². The van der Waals surface area contributed by atoms with Gasteiger partial charge < -0.3 is 14.4 Å². The highest BCUT2D eigenvalue weighted by atomic mass is 16.5. The molecule has 0 aliphatic carbocycles. The van der Waals surface area contributed by atoms with Crippen molar-refractivity contribution in [2.75, 3.05) is 27.3 Å². The fourth-order valence-corrected chi connectivity index (χ4v) is 2.82. The van der Waals surface area contributed by atoms with E-state index in [1.54, 1.807) is 18.9 Å². The van der Waals surface area contributed by atoms with Crippen LogP contribution >= 0.6 is 0 Å². The molecule has 0 saturated heterocycles. The first kappa shape index (κ1) is 20.5. The Hall–Kier alpha value is -2.82. The van der Waals surface area contributed by atoms with Crippen LogP contribution in [0.4, 0.5) is 0 Å². The van der Waals surface area contributed by atoms with Crippen LogP contribution in [0.3, 0.4) is 0 Å². The predicted molar refractivity (Wildman–Crippen MR) is 105 cm³/mol. The molecule has 0 heterocycles. The molecule has 0 spiro atoms. The lowest BCUT2D eigenvalue weighted by atomic mass is 10.1. The van der Waals surface area contributed by atoms with E-state index >= 15 is 0 Å². The largest absolute Gasteiger partial charge is 0.497 e. The quantitative estimate of drug-likeness (QED) is 0.669. The van der Waals surface area contributed by atoms with Gasteiger partial charge in [0.05, 0.1) is 20.1 Å². The molecule has 27 heavy (non-hydrogen) atoms. The van der Waals surface area contributed by atoms with Crippen LogP contribution in [0, 0.1) is 12.8 Å². The van der Waals surface area contributed by atoms with Gasteiger partial charge in [-0.05, 0) is 43.2 Å². The molecule has 0 aromatic heterocycles. The fraction of sp³-hybridized carbons (Fsp3) is 0.364. The molecule has 0 aliphatic heterocycles. The molecule has 0 fully saturated rings. The van der Waals surface area contributed by atoms with Gasteiger partial charge in [-0.1, -0.05) is 36.8 Å². The van der Waals surface area contributed by atoms with Crippen LogP contribution < -0.4 is 4.74 Å². The van der Waals surface area contributed by atoms with Crippen molar-refractivity contribution < 1.29 is 19.1 Å². The maximum Gasteiger partial charge on any atom is 0.310 e. The van der Waals surface area contributed by atoms with E-state index in [4.69, 9.17) is 9.47 Å². The minimum Gasteiger partial charge on any atom is -0.497 e. The van der Waals surface area contributed by atoms with Gasteiger partial charge in [0.2, 0.25) is 0 Å². The fourth-order valence-electron chi connectivity index (χ4n) is 2.82. The van der Waals surface area contributed by atoms with Gasteiger partial charge in [-0.2, -0.15) is 0 Å². The second-order valence-corrected chi connectivity index (χ2v) is 6.64. The molecule has 2 rings (SSSR count). The maximum absolute atomic E-state index is 13.0. The number of ether oxygens (including phenoxy) is 2. The molecular weight excluding hydrogens is 342 g/mol. The summed E-state index contributed by atoms with van der Waals surface area (Å²) in [5.41, 5.74) is 2.81. The second kappa shape index (κ2) is 9.76. The average molecular weight is 369 g/mol. The number of rotatable bonds is 8. The number of hydrogen-bond acceptors (Lipinski definition) is 4. The number of nitrogens with zero attached hydrogens (tertiary/aromatic N) is 1. The van der Waals surface area contributed by atoms with Gasteiger partial charge >= 0.3 is 5.97 Å². The van der Waals surface area contributed by atoms with Crippen LogP contribution in [0.2, 0.25) is 0 Å². The Morgan fingerprint density at radius 3 is 2.19 bits per heavy atom. The number of amides is 1. The summed E-state index contributed by atoms with van der Waals surface area (Å²) in [7, 11) is 2.99. The SMILES string of the molecule is COC(=O)C(C)CN(CCc1ccc(OC)cc1)C(=O)c1ccc(C)cc1. The van der Waals surface area contributed by atoms with Crippen LogP contribution in [-0.2, 0) is 16.0 Å². The van der Waals surface area contributed by atoms with Gasteiger partial charge in [0, 0.05) is 18.7 Å². The zero-order valence-electron chi connectivity index (χ0n) is 16.4. The zero-order valence-corrected chi connectivity index (χ0v) is 16.4. The molecule has 1 atom stereocenters. The Bertz CT molecular complexity index is 753. The highest BCUT2D eigenvalue weighted by Crippen LogP contribution is 2.14. The van der Waals surface area contributed by atoms with Crippen molar-refractivity contribution >= 4 is 11.9 Å². The van der Waals surface area contributed by atoms with Crippen LogP contribution in [-0.4, -0.2) is 44.1 Å². The summed E-state index contributed by atoms with van der Waals surface area (Å²) in [6.07, 6.45) is 0.690. The number of hydrogen-bond donors (Lipinski definition) is 0. The third-order valence-electron chi connectivity index (χ3n) is 4.51. The van der Waals surface area contributed by atoms with Crippen LogP contribution in [0.5, 0.6) is 5.75 Å². The molecule has 5 nitrogen and oxygen atoms in total. The molecule has 0 N–H and O–H groups in total. The number of aryl methyl sites for hydroxylation is 1. The molecule has 5 heteroatoms. The van der Waals surface area contributed by atoms with Crippen LogP contribution in [0.1, 0.15) is 28.4 Å². The van der Waals surface area contributed by atoms with Crippen molar-refractivity contribution in [1.29, 1.82) is 0 Å². The van der Waals surface area contributed by atoms with Crippen molar-refractivity contribution in [3.63, 3.8) is 0 Å². The van der Waals surface area contributed by atoms with Crippen molar-refractivity contribution in [3.05, 3.63) is 65.2 Å². The molecule has 0 saturated carbocycles. The van der Waals surface area contributed by atoms with Crippen molar-refractivity contribution in [2.24, 2.45) is 5.92 Å². The normalized spacial score (nSPS) is 11.6. The summed E-state index contributed by atoms with van der Waals surface area (Å²) < 4.78 is 9.99. The van der Waals surface area contributed by atoms with Crippen molar-refractivity contribution in [3.8, 4) is 5.75 Å². The minimum absolute atomic E-state index is 0.0840. The Balaban J connectivity index is 2.13. The van der Waals surface area contributed by atoms with Gasteiger partial charge in [0.15, 0.2) is 0 Å². The summed E-state index contributed by atoms with van der Waals surface area (Å²) in [5.74, 6) is 0.00587. The Labute approximate surface area is 160 Å². The molecule has 0 aliphatic rings. The highest BCUT2D eigenvalue weighted by molar-refractivity contribution is 5.94. The summed E-state index contributed by atoms with van der Waals surface area (Å²) >= 11 is 0. The Morgan fingerprint density at radius 2 is 1.63 bits per heavy atom. The Kier molecular flexibility index (Phi) is 7.41. The Morgan fingerprint density at radius 1 is 1.00 bits per heavy atom. The standard InChI is InChI=1S/C22H27NO4/c1-16-5-9-19(10-6-16)21(24)23(15-17(2)22(25)27-4)14-13-18-7-11-20(26-3)12-8-18/h5-12,17H,13-15H2,1-4H3. The third-order valence-corrected chi connectivity index (χ3v) is 4.51. The van der Waals surface area contributed by atoms with E-state index in [-0.39, 0.29) is 17.8 Å². The topological polar surface area (TPSA) is 55.8 Å². The van der Waals surface area contributed by atoms with E-state index in [0.717, 1.165) is 16.9 Å². The lowest BCUT2D eigenvalue weighted by molar-refractivity contribution is -0.145. The number of carbonyl (C=O) groups is 2. The molecule has 0 radical (unpaired) electrons. The monoisotopic (exact) mass is 369 g/mol. The van der Waals surface area contributed by atoms with E-state index in [2.05, 4.69) is 0 Å². The van der Waals surface area contributed by atoms with Gasteiger partial charge in [-0.15, -0.1) is 0 Å². The first-order valence-corrected chi connectivity index (χ1v) is 9.01. The third kappa shape index (κ3) is 5.84. The minimum atomic E-state index is -0.389. The summed E-state index contributed by atoms with van der Waals surface area (Å²) in [4.78, 5) is 26.5. The maximum atomic E-state index is 13.0. The number of carbonyl (C=O) groups excluding carboxylic acids is 2. The van der Waals surface area contributed by atoms with Gasteiger partial charge in [0.1, 0.15) is 5.75 Å². The first-order chi connectivity index (χ1) is 12.9.